The highest BCUT2D eigenvalue weighted by Crippen LogP contribution is 2.17. The molecular formula is C21H26Cl2N2O2. The van der Waals surface area contributed by atoms with Gasteiger partial charge in [0.25, 0.3) is 0 Å². The number of halogens is 2. The molecule has 146 valence electrons. The molecule has 1 saturated heterocycles. The van der Waals surface area contributed by atoms with E-state index in [1.165, 1.54) is 5.56 Å². The first-order valence-corrected chi connectivity index (χ1v) is 10.1. The van der Waals surface area contributed by atoms with E-state index in [2.05, 4.69) is 22.3 Å². The van der Waals surface area contributed by atoms with E-state index in [1.54, 1.807) is 24.3 Å². The molecule has 0 amide bonds. The van der Waals surface area contributed by atoms with Gasteiger partial charge in [-0.3, -0.25) is 4.90 Å². The summed E-state index contributed by atoms with van der Waals surface area (Å²) in [5, 5.41) is 15.0. The molecule has 0 bridgehead atoms. The van der Waals surface area contributed by atoms with E-state index in [9.17, 15) is 5.11 Å². The van der Waals surface area contributed by atoms with Gasteiger partial charge in [0.15, 0.2) is 0 Å². The highest BCUT2D eigenvalue weighted by molar-refractivity contribution is 6.30. The van der Waals surface area contributed by atoms with Crippen molar-refractivity contribution in [2.24, 2.45) is 0 Å². The number of rotatable bonds is 8. The van der Waals surface area contributed by atoms with Gasteiger partial charge >= 0.3 is 0 Å². The van der Waals surface area contributed by atoms with Gasteiger partial charge in [-0.15, -0.1) is 0 Å². The van der Waals surface area contributed by atoms with Crippen LogP contribution in [0.25, 0.3) is 0 Å². The maximum absolute atomic E-state index is 10.1. The summed E-state index contributed by atoms with van der Waals surface area (Å²) in [6.07, 6.45) is 1.63. The average Bonchev–Trinajstić information content (AvgIpc) is 2.69. The summed E-state index contributed by atoms with van der Waals surface area (Å²) in [6, 6.07) is 15.7. The standard InChI is InChI=1S/C21H26Cl2N2O2/c22-17-3-1-16(2-4-17)14-25-11-9-19(10-12-25)24-13-20(26)15-27-21-7-5-18(23)6-8-21/h1-8,19-20,24,26H,9-15H2/t20-/m0/s1. The lowest BCUT2D eigenvalue weighted by Crippen LogP contribution is -2.45. The number of benzene rings is 2. The summed E-state index contributed by atoms with van der Waals surface area (Å²) in [4.78, 5) is 2.46. The molecule has 2 aromatic rings. The van der Waals surface area contributed by atoms with Crippen LogP contribution in [-0.2, 0) is 6.54 Å². The number of aliphatic hydroxyl groups excluding tert-OH is 1. The zero-order valence-electron chi connectivity index (χ0n) is 15.3. The number of nitrogens with zero attached hydrogens (tertiary/aromatic N) is 1. The van der Waals surface area contributed by atoms with Crippen LogP contribution in [0.4, 0.5) is 0 Å². The predicted molar refractivity (Wildman–Crippen MR) is 111 cm³/mol. The summed E-state index contributed by atoms with van der Waals surface area (Å²) in [6.45, 7) is 3.87. The minimum absolute atomic E-state index is 0.268. The van der Waals surface area contributed by atoms with Gasteiger partial charge in [-0.05, 0) is 67.9 Å². The van der Waals surface area contributed by atoms with Gasteiger partial charge in [-0.2, -0.15) is 0 Å². The molecule has 1 aliphatic rings. The topological polar surface area (TPSA) is 44.7 Å². The molecule has 1 heterocycles. The van der Waals surface area contributed by atoms with Crippen LogP contribution in [0.15, 0.2) is 48.5 Å². The first-order chi connectivity index (χ1) is 13.1. The van der Waals surface area contributed by atoms with Crippen LogP contribution < -0.4 is 10.1 Å². The third kappa shape index (κ3) is 6.98. The molecule has 0 unspecified atom stereocenters. The lowest BCUT2D eigenvalue weighted by Gasteiger charge is -2.33. The average molecular weight is 409 g/mol. The molecule has 0 saturated carbocycles. The molecule has 2 aromatic carbocycles. The lowest BCUT2D eigenvalue weighted by atomic mass is 10.0. The van der Waals surface area contributed by atoms with Crippen LogP contribution >= 0.6 is 23.2 Å². The zero-order chi connectivity index (χ0) is 19.1. The first-order valence-electron chi connectivity index (χ1n) is 9.35. The number of likely N-dealkylation sites (tertiary alicyclic amines) is 1. The van der Waals surface area contributed by atoms with Crippen molar-refractivity contribution in [3.8, 4) is 5.75 Å². The Labute approximate surface area is 171 Å². The summed E-state index contributed by atoms with van der Waals surface area (Å²) < 4.78 is 5.59. The Kier molecular flexibility index (Phi) is 7.80. The van der Waals surface area contributed by atoms with E-state index in [-0.39, 0.29) is 6.61 Å². The Bertz CT molecular complexity index is 686. The van der Waals surface area contributed by atoms with Gasteiger partial charge in [0.1, 0.15) is 18.5 Å². The van der Waals surface area contributed by atoms with Crippen LogP contribution in [0.5, 0.6) is 5.75 Å². The van der Waals surface area contributed by atoms with E-state index >= 15 is 0 Å². The highest BCUT2D eigenvalue weighted by atomic mass is 35.5. The van der Waals surface area contributed by atoms with E-state index in [1.807, 2.05) is 12.1 Å². The molecule has 0 aliphatic carbocycles. The monoisotopic (exact) mass is 408 g/mol. The number of nitrogens with one attached hydrogen (secondary N) is 1. The first kappa shape index (κ1) is 20.4. The van der Waals surface area contributed by atoms with E-state index in [4.69, 9.17) is 27.9 Å². The number of ether oxygens (including phenoxy) is 1. The third-order valence-corrected chi connectivity index (χ3v) is 5.31. The zero-order valence-corrected chi connectivity index (χ0v) is 16.8. The molecule has 0 aromatic heterocycles. The smallest absolute Gasteiger partial charge is 0.119 e. The van der Waals surface area contributed by atoms with Crippen molar-refractivity contribution in [1.29, 1.82) is 0 Å². The van der Waals surface area contributed by atoms with Crippen LogP contribution in [0.3, 0.4) is 0 Å². The predicted octanol–water partition coefficient (Wildman–Crippen LogP) is 3.99. The Hall–Kier alpha value is -1.30. The normalized spacial score (nSPS) is 17.0. The fourth-order valence-electron chi connectivity index (χ4n) is 3.23. The Morgan fingerprint density at radius 2 is 1.59 bits per heavy atom. The van der Waals surface area contributed by atoms with Crippen molar-refractivity contribution >= 4 is 23.2 Å². The molecule has 2 N–H and O–H groups in total. The van der Waals surface area contributed by atoms with Crippen LogP contribution in [0, 0.1) is 0 Å². The molecule has 1 aliphatic heterocycles. The van der Waals surface area contributed by atoms with Crippen LogP contribution in [0.2, 0.25) is 10.0 Å². The van der Waals surface area contributed by atoms with Gasteiger partial charge in [0, 0.05) is 29.2 Å². The van der Waals surface area contributed by atoms with Crippen LogP contribution in [0.1, 0.15) is 18.4 Å². The summed E-state index contributed by atoms with van der Waals surface area (Å²) >= 11 is 11.8. The number of aliphatic hydroxyl groups is 1. The van der Waals surface area contributed by atoms with Gasteiger partial charge < -0.3 is 15.2 Å². The number of hydrogen-bond donors (Lipinski definition) is 2. The molecule has 0 spiro atoms. The van der Waals surface area contributed by atoms with Crippen molar-refractivity contribution in [1.82, 2.24) is 10.2 Å². The van der Waals surface area contributed by atoms with Crippen molar-refractivity contribution < 1.29 is 9.84 Å². The number of piperidine rings is 1. The molecular weight excluding hydrogens is 383 g/mol. The molecule has 3 rings (SSSR count). The van der Waals surface area contributed by atoms with Gasteiger partial charge in [0.2, 0.25) is 0 Å². The maximum Gasteiger partial charge on any atom is 0.119 e. The fourth-order valence-corrected chi connectivity index (χ4v) is 3.48. The Morgan fingerprint density at radius 3 is 2.22 bits per heavy atom. The highest BCUT2D eigenvalue weighted by Gasteiger charge is 2.19. The quantitative estimate of drug-likeness (QED) is 0.692. The van der Waals surface area contributed by atoms with Crippen molar-refractivity contribution in [2.75, 3.05) is 26.2 Å². The third-order valence-electron chi connectivity index (χ3n) is 4.81. The molecule has 1 fully saturated rings. The maximum atomic E-state index is 10.1. The van der Waals surface area contributed by atoms with Crippen molar-refractivity contribution in [3.05, 3.63) is 64.1 Å². The Morgan fingerprint density at radius 1 is 1.00 bits per heavy atom. The second kappa shape index (κ2) is 10.3. The Balaban J connectivity index is 1.31. The second-order valence-electron chi connectivity index (χ2n) is 7.00. The SMILES string of the molecule is O[C@@H](CNC1CCN(Cc2ccc(Cl)cc2)CC1)COc1ccc(Cl)cc1. The molecule has 1 atom stereocenters. The van der Waals surface area contributed by atoms with E-state index < -0.39 is 6.10 Å². The van der Waals surface area contributed by atoms with Crippen molar-refractivity contribution in [2.45, 2.75) is 31.5 Å². The molecule has 0 radical (unpaired) electrons. The number of hydrogen-bond acceptors (Lipinski definition) is 4. The summed E-state index contributed by atoms with van der Waals surface area (Å²) in [7, 11) is 0. The summed E-state index contributed by atoms with van der Waals surface area (Å²) in [5.41, 5.74) is 1.29. The van der Waals surface area contributed by atoms with E-state index in [0.717, 1.165) is 37.5 Å². The molecule has 4 nitrogen and oxygen atoms in total. The second-order valence-corrected chi connectivity index (χ2v) is 7.88. The largest absolute Gasteiger partial charge is 0.491 e. The van der Waals surface area contributed by atoms with Gasteiger partial charge in [-0.1, -0.05) is 35.3 Å². The van der Waals surface area contributed by atoms with E-state index in [0.29, 0.717) is 23.4 Å². The fraction of sp³-hybridized carbons (Fsp3) is 0.429. The van der Waals surface area contributed by atoms with Crippen molar-refractivity contribution in [3.63, 3.8) is 0 Å². The van der Waals surface area contributed by atoms with Gasteiger partial charge in [-0.25, -0.2) is 0 Å². The molecule has 27 heavy (non-hydrogen) atoms. The lowest BCUT2D eigenvalue weighted by molar-refractivity contribution is 0.0979. The minimum atomic E-state index is -0.534. The van der Waals surface area contributed by atoms with Crippen LogP contribution in [-0.4, -0.2) is 48.4 Å². The van der Waals surface area contributed by atoms with Gasteiger partial charge in [0.05, 0.1) is 0 Å². The summed E-state index contributed by atoms with van der Waals surface area (Å²) in [5.74, 6) is 0.717. The minimum Gasteiger partial charge on any atom is -0.491 e. The molecule has 6 heteroatoms.